The molecule has 0 aromatic carbocycles. The van der Waals surface area contributed by atoms with Gasteiger partial charge in [0.15, 0.2) is 11.4 Å². The molecule has 134 valence electrons. The zero-order chi connectivity index (χ0) is 18.0. The number of hydrogen-bond acceptors (Lipinski definition) is 4. The normalized spacial score (nSPS) is 28.2. The maximum atomic E-state index is 15.0. The van der Waals surface area contributed by atoms with Crippen molar-refractivity contribution in [3.63, 3.8) is 0 Å². The monoisotopic (exact) mass is 348 g/mol. The molecule has 1 aliphatic carbocycles. The second-order valence-corrected chi connectivity index (χ2v) is 7.71. The summed E-state index contributed by atoms with van der Waals surface area (Å²) >= 11 is 0. The summed E-state index contributed by atoms with van der Waals surface area (Å²) in [6, 6.07) is 0. The number of pyridine rings is 1. The van der Waals surface area contributed by atoms with Gasteiger partial charge in [0, 0.05) is 17.8 Å². The molecule has 2 fully saturated rings. The van der Waals surface area contributed by atoms with Gasteiger partial charge in [-0.2, -0.15) is 4.39 Å². The Morgan fingerprint density at radius 1 is 1.44 bits per heavy atom. The third-order valence-electron chi connectivity index (χ3n) is 5.31. The zero-order valence-corrected chi connectivity index (χ0v) is 14.5. The molecule has 1 aliphatic heterocycles. The molecule has 3 heterocycles. The summed E-state index contributed by atoms with van der Waals surface area (Å²) in [4.78, 5) is 16.0. The van der Waals surface area contributed by atoms with Crippen LogP contribution in [0.3, 0.4) is 0 Å². The first-order valence-electron chi connectivity index (χ1n) is 8.49. The van der Waals surface area contributed by atoms with Gasteiger partial charge in [0.1, 0.15) is 5.56 Å². The SMILES string of the molecule is CC(C)Oc1c(C(=O)O)cn2cc(C34CCC(C)(C3)OC4)nc2c1F. The van der Waals surface area contributed by atoms with E-state index in [0.717, 1.165) is 25.0 Å². The Balaban J connectivity index is 1.86. The van der Waals surface area contributed by atoms with Crippen LogP contribution in [0.15, 0.2) is 12.4 Å². The lowest BCUT2D eigenvalue weighted by Crippen LogP contribution is -2.26. The number of carboxylic acids is 1. The van der Waals surface area contributed by atoms with Crippen molar-refractivity contribution in [2.75, 3.05) is 6.61 Å². The number of aromatic nitrogens is 2. The van der Waals surface area contributed by atoms with Crippen molar-refractivity contribution in [2.45, 2.75) is 57.2 Å². The average Bonchev–Trinajstić information content (AvgIpc) is 3.19. The Bertz CT molecular complexity index is 866. The first-order chi connectivity index (χ1) is 11.7. The molecule has 4 rings (SSSR count). The van der Waals surface area contributed by atoms with Crippen LogP contribution < -0.4 is 4.74 Å². The van der Waals surface area contributed by atoms with E-state index < -0.39 is 11.8 Å². The van der Waals surface area contributed by atoms with Crippen molar-refractivity contribution in [3.05, 3.63) is 29.5 Å². The molecule has 0 radical (unpaired) electrons. The van der Waals surface area contributed by atoms with Gasteiger partial charge in [0.25, 0.3) is 0 Å². The topological polar surface area (TPSA) is 73.1 Å². The number of aromatic carboxylic acids is 1. The van der Waals surface area contributed by atoms with Crippen molar-refractivity contribution >= 4 is 11.6 Å². The van der Waals surface area contributed by atoms with Crippen LogP contribution in [-0.4, -0.2) is 38.8 Å². The predicted octanol–water partition coefficient (Wildman–Crippen LogP) is 3.17. The van der Waals surface area contributed by atoms with Gasteiger partial charge in [-0.05, 0) is 40.0 Å². The van der Waals surface area contributed by atoms with Crippen molar-refractivity contribution in [1.82, 2.24) is 9.38 Å². The van der Waals surface area contributed by atoms with Gasteiger partial charge in [0.2, 0.25) is 5.82 Å². The minimum Gasteiger partial charge on any atom is -0.487 e. The van der Waals surface area contributed by atoms with Gasteiger partial charge in [-0.1, -0.05) is 0 Å². The summed E-state index contributed by atoms with van der Waals surface area (Å²) in [5, 5.41) is 9.42. The minimum atomic E-state index is -1.23. The second kappa shape index (κ2) is 5.17. The second-order valence-electron chi connectivity index (χ2n) is 7.71. The summed E-state index contributed by atoms with van der Waals surface area (Å²) in [6.45, 7) is 6.10. The van der Waals surface area contributed by atoms with Crippen LogP contribution >= 0.6 is 0 Å². The summed E-state index contributed by atoms with van der Waals surface area (Å²) in [5.41, 5.74) is 0.289. The molecule has 2 unspecified atom stereocenters. The van der Waals surface area contributed by atoms with Gasteiger partial charge in [-0.3, -0.25) is 0 Å². The lowest BCUT2D eigenvalue weighted by Gasteiger charge is -2.24. The van der Waals surface area contributed by atoms with E-state index in [1.807, 2.05) is 0 Å². The zero-order valence-electron chi connectivity index (χ0n) is 14.5. The fraction of sp³-hybridized carbons (Fsp3) is 0.556. The maximum Gasteiger partial charge on any atom is 0.341 e. The molecule has 6 nitrogen and oxygen atoms in total. The highest BCUT2D eigenvalue weighted by atomic mass is 19.1. The van der Waals surface area contributed by atoms with Gasteiger partial charge >= 0.3 is 5.97 Å². The molecule has 2 aliphatic rings. The number of fused-ring (bicyclic) bond motifs is 3. The van der Waals surface area contributed by atoms with E-state index in [4.69, 9.17) is 9.47 Å². The largest absolute Gasteiger partial charge is 0.487 e. The molecule has 1 saturated heterocycles. The average molecular weight is 348 g/mol. The highest BCUT2D eigenvalue weighted by molar-refractivity contribution is 5.91. The standard InChI is InChI=1S/C18H21FN2O4/c1-10(2)25-14-11(16(22)23)6-21-7-12(20-15(21)13(14)19)18-5-4-17(3,8-18)24-9-18/h6-7,10H,4-5,8-9H2,1-3H3,(H,22,23). The Morgan fingerprint density at radius 3 is 2.72 bits per heavy atom. The van der Waals surface area contributed by atoms with Crippen LogP contribution in [0.25, 0.3) is 5.65 Å². The van der Waals surface area contributed by atoms with Crippen molar-refractivity contribution < 1.29 is 23.8 Å². The van der Waals surface area contributed by atoms with Crippen LogP contribution in [0.4, 0.5) is 4.39 Å². The van der Waals surface area contributed by atoms with Crippen LogP contribution in [-0.2, 0) is 10.2 Å². The van der Waals surface area contributed by atoms with Crippen molar-refractivity contribution in [2.24, 2.45) is 0 Å². The van der Waals surface area contributed by atoms with Crippen molar-refractivity contribution in [3.8, 4) is 5.75 Å². The third kappa shape index (κ3) is 2.40. The Kier molecular flexibility index (Phi) is 3.38. The summed E-state index contributed by atoms with van der Waals surface area (Å²) in [6.07, 6.45) is 5.50. The molecule has 2 bridgehead atoms. The molecule has 7 heteroatoms. The molecule has 2 atom stereocenters. The highest BCUT2D eigenvalue weighted by Crippen LogP contribution is 2.53. The Hall–Kier alpha value is -2.15. The quantitative estimate of drug-likeness (QED) is 0.919. The number of ether oxygens (including phenoxy) is 2. The summed E-state index contributed by atoms with van der Waals surface area (Å²) in [7, 11) is 0. The molecule has 25 heavy (non-hydrogen) atoms. The smallest absolute Gasteiger partial charge is 0.341 e. The number of halogens is 1. The highest BCUT2D eigenvalue weighted by Gasteiger charge is 2.55. The van der Waals surface area contributed by atoms with E-state index in [1.165, 1.54) is 10.6 Å². The number of carboxylic acid groups (broad SMARTS) is 1. The number of nitrogens with zero attached hydrogens (tertiary/aromatic N) is 2. The fourth-order valence-electron chi connectivity index (χ4n) is 4.08. The van der Waals surface area contributed by atoms with E-state index in [-0.39, 0.29) is 34.1 Å². The molecule has 2 aromatic heterocycles. The predicted molar refractivity (Wildman–Crippen MR) is 87.8 cm³/mol. The van der Waals surface area contributed by atoms with E-state index in [1.54, 1.807) is 20.0 Å². The molecule has 1 saturated carbocycles. The molecular formula is C18H21FN2O4. The van der Waals surface area contributed by atoms with Crippen molar-refractivity contribution in [1.29, 1.82) is 0 Å². The lowest BCUT2D eigenvalue weighted by molar-refractivity contribution is -0.00627. The van der Waals surface area contributed by atoms with Gasteiger partial charge in [-0.15, -0.1) is 0 Å². The first kappa shape index (κ1) is 16.3. The molecule has 0 amide bonds. The van der Waals surface area contributed by atoms with Gasteiger partial charge in [-0.25, -0.2) is 9.78 Å². The van der Waals surface area contributed by atoms with Gasteiger partial charge in [0.05, 0.1) is 24.0 Å². The number of hydrogen-bond donors (Lipinski definition) is 1. The van der Waals surface area contributed by atoms with Crippen LogP contribution in [0, 0.1) is 5.82 Å². The number of carbonyl (C=O) groups is 1. The summed E-state index contributed by atoms with van der Waals surface area (Å²) in [5.74, 6) is -2.23. The van der Waals surface area contributed by atoms with E-state index in [2.05, 4.69) is 11.9 Å². The minimum absolute atomic E-state index is 0.0885. The Labute approximate surface area is 144 Å². The van der Waals surface area contributed by atoms with Crippen LogP contribution in [0.1, 0.15) is 56.1 Å². The number of imidazole rings is 1. The third-order valence-corrected chi connectivity index (χ3v) is 5.31. The molecule has 0 spiro atoms. The number of rotatable bonds is 4. The molecular weight excluding hydrogens is 327 g/mol. The molecule has 2 aromatic rings. The first-order valence-corrected chi connectivity index (χ1v) is 8.49. The fourth-order valence-corrected chi connectivity index (χ4v) is 4.08. The molecule has 1 N–H and O–H groups in total. The maximum absolute atomic E-state index is 15.0. The van der Waals surface area contributed by atoms with Gasteiger partial charge < -0.3 is 19.0 Å². The van der Waals surface area contributed by atoms with E-state index >= 15 is 0 Å². The lowest BCUT2D eigenvalue weighted by atomic mass is 9.84. The van der Waals surface area contributed by atoms with E-state index in [0.29, 0.717) is 6.61 Å². The summed E-state index contributed by atoms with van der Waals surface area (Å²) < 4.78 is 27.7. The van der Waals surface area contributed by atoms with Crippen LogP contribution in [0.5, 0.6) is 5.75 Å². The van der Waals surface area contributed by atoms with Crippen LogP contribution in [0.2, 0.25) is 0 Å². The Morgan fingerprint density at radius 2 is 2.20 bits per heavy atom. The van der Waals surface area contributed by atoms with E-state index in [9.17, 15) is 14.3 Å².